The molecule has 3 N–H and O–H groups in total. The standard InChI is InChI=1S/C14H19N5/c1-19-9-16-18-14(19)10-2-5-12(6-3-10)17-13-7-4-11(15)8-13/h2-3,5-6,9,11,13,17H,4,7-8,15H2,1H3. The summed E-state index contributed by atoms with van der Waals surface area (Å²) < 4.78 is 1.92. The first-order valence-corrected chi connectivity index (χ1v) is 6.69. The van der Waals surface area contributed by atoms with Gasteiger partial charge < -0.3 is 15.6 Å². The molecule has 3 rings (SSSR count). The summed E-state index contributed by atoms with van der Waals surface area (Å²) in [5.74, 6) is 0.884. The molecule has 1 aromatic carbocycles. The van der Waals surface area contributed by atoms with Gasteiger partial charge in [0.1, 0.15) is 6.33 Å². The fourth-order valence-corrected chi connectivity index (χ4v) is 2.64. The minimum atomic E-state index is 0.357. The van der Waals surface area contributed by atoms with Gasteiger partial charge in [-0.15, -0.1) is 10.2 Å². The Morgan fingerprint density at radius 1 is 1.26 bits per heavy atom. The molecule has 2 aromatic rings. The highest BCUT2D eigenvalue weighted by molar-refractivity contribution is 5.60. The van der Waals surface area contributed by atoms with Crippen molar-refractivity contribution < 1.29 is 0 Å². The second kappa shape index (κ2) is 5.01. The molecule has 0 spiro atoms. The summed E-state index contributed by atoms with van der Waals surface area (Å²) >= 11 is 0. The highest BCUT2D eigenvalue weighted by Gasteiger charge is 2.21. The number of nitrogens with two attached hydrogens (primary N) is 1. The van der Waals surface area contributed by atoms with E-state index in [1.165, 1.54) is 0 Å². The molecule has 5 nitrogen and oxygen atoms in total. The molecule has 5 heteroatoms. The summed E-state index contributed by atoms with van der Waals surface area (Å²) in [5, 5.41) is 11.5. The fourth-order valence-electron chi connectivity index (χ4n) is 2.64. The summed E-state index contributed by atoms with van der Waals surface area (Å²) in [4.78, 5) is 0. The molecule has 2 unspecified atom stereocenters. The monoisotopic (exact) mass is 257 g/mol. The molecule has 0 radical (unpaired) electrons. The maximum absolute atomic E-state index is 5.93. The molecule has 1 aliphatic carbocycles. The van der Waals surface area contributed by atoms with E-state index in [-0.39, 0.29) is 0 Å². The average molecular weight is 257 g/mol. The van der Waals surface area contributed by atoms with E-state index in [2.05, 4.69) is 39.8 Å². The Labute approximate surface area is 112 Å². The normalized spacial score (nSPS) is 22.6. The molecule has 0 aliphatic heterocycles. The van der Waals surface area contributed by atoms with Crippen molar-refractivity contribution in [1.29, 1.82) is 0 Å². The molecule has 1 heterocycles. The van der Waals surface area contributed by atoms with Crippen LogP contribution >= 0.6 is 0 Å². The Kier molecular flexibility index (Phi) is 3.21. The van der Waals surface area contributed by atoms with Crippen molar-refractivity contribution in [3.63, 3.8) is 0 Å². The lowest BCUT2D eigenvalue weighted by atomic mass is 10.1. The van der Waals surface area contributed by atoms with Gasteiger partial charge in [0, 0.05) is 30.4 Å². The topological polar surface area (TPSA) is 68.8 Å². The summed E-state index contributed by atoms with van der Waals surface area (Å²) in [6.07, 6.45) is 5.05. The predicted octanol–water partition coefficient (Wildman–Crippen LogP) is 1.77. The highest BCUT2D eigenvalue weighted by Crippen LogP contribution is 2.23. The van der Waals surface area contributed by atoms with Crippen molar-refractivity contribution in [2.75, 3.05) is 5.32 Å². The number of benzene rings is 1. The Morgan fingerprint density at radius 3 is 2.63 bits per heavy atom. The van der Waals surface area contributed by atoms with Crippen molar-refractivity contribution in [2.45, 2.75) is 31.3 Å². The van der Waals surface area contributed by atoms with E-state index in [0.717, 1.165) is 36.3 Å². The van der Waals surface area contributed by atoms with Gasteiger partial charge in [0.2, 0.25) is 0 Å². The van der Waals surface area contributed by atoms with Crippen LogP contribution in [0, 0.1) is 0 Å². The lowest BCUT2D eigenvalue weighted by Crippen LogP contribution is -2.20. The van der Waals surface area contributed by atoms with Crippen molar-refractivity contribution in [2.24, 2.45) is 12.8 Å². The third-order valence-corrected chi connectivity index (χ3v) is 3.70. The van der Waals surface area contributed by atoms with Gasteiger partial charge in [0.15, 0.2) is 5.82 Å². The first kappa shape index (κ1) is 12.2. The number of hydrogen-bond donors (Lipinski definition) is 2. The fraction of sp³-hybridized carbons (Fsp3) is 0.429. The second-order valence-electron chi connectivity index (χ2n) is 5.26. The summed E-state index contributed by atoms with van der Waals surface area (Å²) in [6.45, 7) is 0. The number of aryl methyl sites for hydroxylation is 1. The average Bonchev–Trinajstić information content (AvgIpc) is 3.00. The summed E-state index contributed by atoms with van der Waals surface area (Å²) in [5.41, 5.74) is 8.15. The van der Waals surface area contributed by atoms with Crippen LogP contribution < -0.4 is 11.1 Å². The van der Waals surface area contributed by atoms with Crippen LogP contribution in [-0.4, -0.2) is 26.8 Å². The van der Waals surface area contributed by atoms with E-state index in [1.54, 1.807) is 6.33 Å². The van der Waals surface area contributed by atoms with Gasteiger partial charge >= 0.3 is 0 Å². The van der Waals surface area contributed by atoms with Gasteiger partial charge in [-0.3, -0.25) is 0 Å². The molecule has 0 amide bonds. The third-order valence-electron chi connectivity index (χ3n) is 3.70. The van der Waals surface area contributed by atoms with E-state index in [1.807, 2.05) is 11.6 Å². The van der Waals surface area contributed by atoms with Gasteiger partial charge in [-0.2, -0.15) is 0 Å². The maximum atomic E-state index is 5.93. The highest BCUT2D eigenvalue weighted by atomic mass is 15.2. The molecule has 1 aromatic heterocycles. The molecule has 19 heavy (non-hydrogen) atoms. The van der Waals surface area contributed by atoms with Crippen molar-refractivity contribution in [3.8, 4) is 11.4 Å². The van der Waals surface area contributed by atoms with Gasteiger partial charge in [-0.25, -0.2) is 0 Å². The number of nitrogens with zero attached hydrogens (tertiary/aromatic N) is 3. The Hall–Kier alpha value is -1.88. The molecule has 2 atom stereocenters. The lowest BCUT2D eigenvalue weighted by Gasteiger charge is -2.14. The number of anilines is 1. The molecule has 0 saturated heterocycles. The van der Waals surface area contributed by atoms with Gasteiger partial charge in [0.05, 0.1) is 0 Å². The van der Waals surface area contributed by atoms with Gasteiger partial charge in [-0.1, -0.05) is 0 Å². The van der Waals surface area contributed by atoms with E-state index in [4.69, 9.17) is 5.73 Å². The van der Waals surface area contributed by atoms with E-state index in [0.29, 0.717) is 12.1 Å². The summed E-state index contributed by atoms with van der Waals surface area (Å²) in [7, 11) is 1.95. The molecule has 100 valence electrons. The quantitative estimate of drug-likeness (QED) is 0.879. The smallest absolute Gasteiger partial charge is 0.163 e. The van der Waals surface area contributed by atoms with Gasteiger partial charge in [-0.05, 0) is 43.5 Å². The molecule has 1 fully saturated rings. The van der Waals surface area contributed by atoms with E-state index >= 15 is 0 Å². The van der Waals surface area contributed by atoms with Crippen LogP contribution in [0.3, 0.4) is 0 Å². The van der Waals surface area contributed by atoms with E-state index in [9.17, 15) is 0 Å². The van der Waals surface area contributed by atoms with Gasteiger partial charge in [0.25, 0.3) is 0 Å². The Bertz CT molecular complexity index is 545. The maximum Gasteiger partial charge on any atom is 0.163 e. The zero-order valence-corrected chi connectivity index (χ0v) is 11.1. The first-order valence-electron chi connectivity index (χ1n) is 6.69. The zero-order chi connectivity index (χ0) is 13.2. The first-order chi connectivity index (χ1) is 9.22. The molecule has 0 bridgehead atoms. The van der Waals surface area contributed by atoms with Crippen LogP contribution in [0.2, 0.25) is 0 Å². The molecule has 1 aliphatic rings. The van der Waals surface area contributed by atoms with Crippen LogP contribution in [-0.2, 0) is 7.05 Å². The van der Waals surface area contributed by atoms with Crippen LogP contribution in [0.4, 0.5) is 5.69 Å². The van der Waals surface area contributed by atoms with Crippen LogP contribution in [0.1, 0.15) is 19.3 Å². The number of hydrogen-bond acceptors (Lipinski definition) is 4. The third kappa shape index (κ3) is 2.61. The lowest BCUT2D eigenvalue weighted by molar-refractivity contribution is 0.688. The number of aromatic nitrogens is 3. The predicted molar refractivity (Wildman–Crippen MR) is 75.7 cm³/mol. The van der Waals surface area contributed by atoms with Crippen LogP contribution in [0.5, 0.6) is 0 Å². The number of rotatable bonds is 3. The minimum Gasteiger partial charge on any atom is -0.382 e. The SMILES string of the molecule is Cn1cnnc1-c1ccc(NC2CCC(N)C2)cc1. The molecule has 1 saturated carbocycles. The van der Waals surface area contributed by atoms with Crippen molar-refractivity contribution >= 4 is 5.69 Å². The molecular formula is C14H19N5. The van der Waals surface area contributed by atoms with Crippen molar-refractivity contribution in [1.82, 2.24) is 14.8 Å². The largest absolute Gasteiger partial charge is 0.382 e. The second-order valence-corrected chi connectivity index (χ2v) is 5.26. The van der Waals surface area contributed by atoms with Crippen molar-refractivity contribution in [3.05, 3.63) is 30.6 Å². The Balaban J connectivity index is 1.71. The van der Waals surface area contributed by atoms with Crippen LogP contribution in [0.15, 0.2) is 30.6 Å². The minimum absolute atomic E-state index is 0.357. The van der Waals surface area contributed by atoms with E-state index < -0.39 is 0 Å². The Morgan fingerprint density at radius 2 is 2.05 bits per heavy atom. The molecular weight excluding hydrogens is 238 g/mol. The van der Waals surface area contributed by atoms with Crippen LogP contribution in [0.25, 0.3) is 11.4 Å². The number of nitrogens with one attached hydrogen (secondary N) is 1. The zero-order valence-electron chi connectivity index (χ0n) is 11.1. The summed E-state index contributed by atoms with van der Waals surface area (Å²) in [6, 6.07) is 9.19.